The fraction of sp³-hybridized carbons (Fsp3) is 0.333. The Bertz CT molecular complexity index is 1010. The quantitative estimate of drug-likeness (QED) is 0.536. The van der Waals surface area contributed by atoms with Crippen LogP contribution in [0.3, 0.4) is 0 Å². The molecule has 0 spiro atoms. The molecule has 9 nitrogen and oxygen atoms in total. The summed E-state index contributed by atoms with van der Waals surface area (Å²) in [5.41, 5.74) is 5.30. The van der Waals surface area contributed by atoms with E-state index in [0.29, 0.717) is 5.82 Å². The van der Waals surface area contributed by atoms with Crippen molar-refractivity contribution in [1.29, 1.82) is 0 Å². The number of hydrogen-bond acceptors (Lipinski definition) is 7. The molecule has 1 aliphatic rings. The van der Waals surface area contributed by atoms with Gasteiger partial charge in [0.1, 0.15) is 17.3 Å². The number of likely N-dealkylation sites (N-methyl/N-ethyl adjacent to an activating group) is 1. The average molecular weight is 405 g/mol. The second kappa shape index (κ2) is 7.86. The fourth-order valence-corrected chi connectivity index (χ4v) is 3.00. The van der Waals surface area contributed by atoms with Gasteiger partial charge in [-0.05, 0) is 12.1 Å². The minimum absolute atomic E-state index is 0.0508. The standard InChI is InChI=1S/C18H21F2N7O2/c1-22-13-6-14(26-15(25-13)11(9-21)16(28)23-2)24-12-4-3-5-27(17(12)29)10-7-18(19,20)8-10/h3-6,9-10H,7-8,21H2,1-2H3,(H,23,28)(H2,22,24,25,26)/b11-9+. The highest BCUT2D eigenvalue weighted by molar-refractivity contribution is 6.18. The van der Waals surface area contributed by atoms with Crippen molar-refractivity contribution in [2.24, 2.45) is 5.73 Å². The van der Waals surface area contributed by atoms with E-state index in [9.17, 15) is 18.4 Å². The molecule has 5 N–H and O–H groups in total. The van der Waals surface area contributed by atoms with Crippen LogP contribution in [0.1, 0.15) is 24.7 Å². The van der Waals surface area contributed by atoms with Gasteiger partial charge in [0.2, 0.25) is 0 Å². The summed E-state index contributed by atoms with van der Waals surface area (Å²) in [5.74, 6) is -2.54. The summed E-state index contributed by atoms with van der Waals surface area (Å²) in [6, 6.07) is 4.11. The Morgan fingerprint density at radius 3 is 2.59 bits per heavy atom. The Morgan fingerprint density at radius 2 is 2.00 bits per heavy atom. The molecule has 0 saturated heterocycles. The highest BCUT2D eigenvalue weighted by atomic mass is 19.3. The molecule has 1 saturated carbocycles. The largest absolute Gasteiger partial charge is 0.404 e. The van der Waals surface area contributed by atoms with Crippen molar-refractivity contribution >= 4 is 28.8 Å². The second-order valence-corrected chi connectivity index (χ2v) is 6.55. The molecule has 1 amide bonds. The Balaban J connectivity index is 1.94. The molecule has 0 aliphatic heterocycles. The third kappa shape index (κ3) is 4.18. The van der Waals surface area contributed by atoms with Gasteiger partial charge in [-0.25, -0.2) is 18.7 Å². The van der Waals surface area contributed by atoms with Gasteiger partial charge in [-0.3, -0.25) is 9.59 Å². The summed E-state index contributed by atoms with van der Waals surface area (Å²) < 4.78 is 27.7. The third-order valence-corrected chi connectivity index (χ3v) is 4.56. The average Bonchev–Trinajstić information content (AvgIpc) is 2.68. The van der Waals surface area contributed by atoms with E-state index in [1.165, 1.54) is 29.9 Å². The number of alkyl halides is 2. The number of carbonyl (C=O) groups excluding carboxylic acids is 1. The van der Waals surface area contributed by atoms with Gasteiger partial charge in [0.25, 0.3) is 17.4 Å². The summed E-state index contributed by atoms with van der Waals surface area (Å²) in [5, 5.41) is 8.17. The van der Waals surface area contributed by atoms with Gasteiger partial charge < -0.3 is 26.3 Å². The lowest BCUT2D eigenvalue weighted by Crippen LogP contribution is -2.41. The Kier molecular flexibility index (Phi) is 5.48. The predicted molar refractivity (Wildman–Crippen MR) is 105 cm³/mol. The van der Waals surface area contributed by atoms with Crippen molar-refractivity contribution in [2.45, 2.75) is 24.8 Å². The van der Waals surface area contributed by atoms with E-state index in [1.807, 2.05) is 0 Å². The minimum Gasteiger partial charge on any atom is -0.404 e. The second-order valence-electron chi connectivity index (χ2n) is 6.55. The monoisotopic (exact) mass is 405 g/mol. The number of nitrogens with zero attached hydrogens (tertiary/aromatic N) is 3. The minimum atomic E-state index is -2.73. The molecule has 2 aromatic heterocycles. The zero-order valence-electron chi connectivity index (χ0n) is 15.9. The molecule has 0 unspecified atom stereocenters. The van der Waals surface area contributed by atoms with Crippen molar-refractivity contribution in [3.63, 3.8) is 0 Å². The van der Waals surface area contributed by atoms with Gasteiger partial charge in [0.05, 0.1) is 5.57 Å². The summed E-state index contributed by atoms with van der Waals surface area (Å²) in [6.45, 7) is 0. The number of hydrogen-bond donors (Lipinski definition) is 4. The van der Waals surface area contributed by atoms with E-state index in [4.69, 9.17) is 5.73 Å². The van der Waals surface area contributed by atoms with E-state index < -0.39 is 23.4 Å². The predicted octanol–water partition coefficient (Wildman–Crippen LogP) is 1.44. The summed E-state index contributed by atoms with van der Waals surface area (Å²) >= 11 is 0. The third-order valence-electron chi connectivity index (χ3n) is 4.56. The van der Waals surface area contributed by atoms with Crippen LogP contribution >= 0.6 is 0 Å². The molecular weight excluding hydrogens is 384 g/mol. The van der Waals surface area contributed by atoms with Crippen molar-refractivity contribution < 1.29 is 13.6 Å². The number of pyridine rings is 1. The zero-order chi connectivity index (χ0) is 21.2. The van der Waals surface area contributed by atoms with Gasteiger partial charge in [-0.15, -0.1) is 0 Å². The van der Waals surface area contributed by atoms with Gasteiger partial charge in [-0.2, -0.15) is 0 Å². The number of rotatable bonds is 6. The Labute approximate surface area is 165 Å². The number of halogens is 2. The SMILES string of the molecule is CNC(=O)/C(=C/N)c1nc(NC)cc(Nc2cccn(C3CC(F)(F)C3)c2=O)n1. The van der Waals surface area contributed by atoms with Crippen LogP contribution < -0.4 is 27.2 Å². The fourth-order valence-electron chi connectivity index (χ4n) is 3.00. The summed E-state index contributed by atoms with van der Waals surface area (Å²) in [7, 11) is 3.08. The number of aromatic nitrogens is 3. The highest BCUT2D eigenvalue weighted by Gasteiger charge is 2.46. The van der Waals surface area contributed by atoms with Crippen molar-refractivity contribution in [2.75, 3.05) is 24.7 Å². The van der Waals surface area contributed by atoms with Crippen molar-refractivity contribution in [3.05, 3.63) is 46.8 Å². The Hall–Kier alpha value is -3.50. The van der Waals surface area contributed by atoms with Crippen LogP contribution in [0.2, 0.25) is 0 Å². The summed E-state index contributed by atoms with van der Waals surface area (Å²) in [6.07, 6.45) is 1.84. The first-order valence-corrected chi connectivity index (χ1v) is 8.85. The van der Waals surface area contributed by atoms with E-state index >= 15 is 0 Å². The normalized spacial score (nSPS) is 16.1. The van der Waals surface area contributed by atoms with Crippen molar-refractivity contribution in [1.82, 2.24) is 19.9 Å². The lowest BCUT2D eigenvalue weighted by molar-refractivity contribution is -0.115. The number of carbonyl (C=O) groups is 1. The topological polar surface area (TPSA) is 127 Å². The lowest BCUT2D eigenvalue weighted by atomic mass is 9.88. The van der Waals surface area contributed by atoms with Crippen LogP contribution in [0, 0.1) is 0 Å². The zero-order valence-corrected chi connectivity index (χ0v) is 15.9. The van der Waals surface area contributed by atoms with Gasteiger partial charge in [-0.1, -0.05) is 0 Å². The summed E-state index contributed by atoms with van der Waals surface area (Å²) in [4.78, 5) is 33.1. The van der Waals surface area contributed by atoms with E-state index in [2.05, 4.69) is 25.9 Å². The molecule has 2 heterocycles. The molecule has 0 radical (unpaired) electrons. The molecule has 0 aromatic carbocycles. The van der Waals surface area contributed by atoms with Crippen LogP contribution in [0.4, 0.5) is 26.1 Å². The maximum absolute atomic E-state index is 13.2. The van der Waals surface area contributed by atoms with Crippen LogP contribution in [0.15, 0.2) is 35.4 Å². The van der Waals surface area contributed by atoms with Crippen molar-refractivity contribution in [3.8, 4) is 0 Å². The molecule has 154 valence electrons. The van der Waals surface area contributed by atoms with Gasteiger partial charge in [0.15, 0.2) is 5.82 Å². The molecule has 3 rings (SSSR count). The lowest BCUT2D eigenvalue weighted by Gasteiger charge is -2.36. The van der Waals surface area contributed by atoms with Crippen LogP contribution in [-0.4, -0.2) is 40.5 Å². The molecule has 1 aliphatic carbocycles. The maximum atomic E-state index is 13.2. The number of anilines is 3. The molecule has 11 heteroatoms. The smallest absolute Gasteiger partial charge is 0.274 e. The number of amides is 1. The number of nitrogens with two attached hydrogens (primary N) is 1. The van der Waals surface area contributed by atoms with E-state index in [1.54, 1.807) is 13.1 Å². The Morgan fingerprint density at radius 1 is 1.31 bits per heavy atom. The molecule has 0 bridgehead atoms. The molecule has 29 heavy (non-hydrogen) atoms. The first kappa shape index (κ1) is 20.2. The molecular formula is C18H21F2N7O2. The van der Waals surface area contributed by atoms with Crippen LogP contribution in [0.25, 0.3) is 5.57 Å². The number of nitrogens with one attached hydrogen (secondary N) is 3. The van der Waals surface area contributed by atoms with E-state index in [0.717, 1.165) is 6.20 Å². The highest BCUT2D eigenvalue weighted by Crippen LogP contribution is 2.44. The molecule has 2 aromatic rings. The van der Waals surface area contributed by atoms with Gasteiger partial charge in [0, 0.05) is 51.4 Å². The first-order chi connectivity index (χ1) is 13.8. The molecule has 0 atom stereocenters. The van der Waals surface area contributed by atoms with Gasteiger partial charge >= 0.3 is 0 Å². The maximum Gasteiger partial charge on any atom is 0.274 e. The molecule has 1 fully saturated rings. The van der Waals surface area contributed by atoms with Crippen LogP contribution in [0.5, 0.6) is 0 Å². The van der Waals surface area contributed by atoms with Crippen LogP contribution in [-0.2, 0) is 4.79 Å². The van der Waals surface area contributed by atoms with E-state index in [-0.39, 0.29) is 35.7 Å². The first-order valence-electron chi connectivity index (χ1n) is 8.85.